The largest absolute Gasteiger partial charge is 0.354 e. The van der Waals surface area contributed by atoms with E-state index in [-0.39, 0.29) is 5.91 Å². The zero-order valence-electron chi connectivity index (χ0n) is 16.7. The number of nitrogens with one attached hydrogen (secondary N) is 3. The molecule has 1 amide bonds. The van der Waals surface area contributed by atoms with Gasteiger partial charge >= 0.3 is 0 Å². The van der Waals surface area contributed by atoms with Crippen molar-refractivity contribution < 1.29 is 4.79 Å². The number of rotatable bonds is 5. The molecular weight excluding hydrogens is 398 g/mol. The normalized spacial score (nSPS) is 16.2. The number of para-hydroxylation sites is 1. The Kier molecular flexibility index (Phi) is 6.16. The Morgan fingerprint density at radius 2 is 1.97 bits per heavy atom. The third-order valence-electron chi connectivity index (χ3n) is 4.98. The van der Waals surface area contributed by atoms with Crippen LogP contribution in [0, 0.1) is 0 Å². The number of aromatic nitrogens is 1. The highest BCUT2D eigenvalue weighted by atomic mass is 35.5. The zero-order valence-corrected chi connectivity index (χ0v) is 17.5. The zero-order chi connectivity index (χ0) is 20.9. The van der Waals surface area contributed by atoms with Gasteiger partial charge in [-0.1, -0.05) is 29.8 Å². The first kappa shape index (κ1) is 20.2. The molecule has 1 aliphatic heterocycles. The third-order valence-corrected chi connectivity index (χ3v) is 5.31. The predicted octanol–water partition coefficient (Wildman–Crippen LogP) is 4.53. The van der Waals surface area contributed by atoms with Crippen molar-refractivity contribution in [3.63, 3.8) is 0 Å². The molecule has 1 aliphatic rings. The summed E-state index contributed by atoms with van der Waals surface area (Å²) in [5.41, 5.74) is 2.81. The number of piperazine rings is 1. The summed E-state index contributed by atoms with van der Waals surface area (Å²) in [6.07, 6.45) is 1.62. The lowest BCUT2D eigenvalue weighted by Crippen LogP contribution is -2.49. The number of halogens is 1. The second kappa shape index (κ2) is 9.15. The van der Waals surface area contributed by atoms with E-state index in [9.17, 15) is 4.79 Å². The van der Waals surface area contributed by atoms with Crippen LogP contribution in [0.25, 0.3) is 0 Å². The molecule has 2 aromatic carbocycles. The van der Waals surface area contributed by atoms with E-state index in [0.29, 0.717) is 22.3 Å². The summed E-state index contributed by atoms with van der Waals surface area (Å²) in [5, 5.41) is 10.2. The van der Waals surface area contributed by atoms with Gasteiger partial charge in [-0.3, -0.25) is 4.79 Å². The lowest BCUT2D eigenvalue weighted by molar-refractivity contribution is 0.102. The first-order valence-electron chi connectivity index (χ1n) is 9.96. The molecule has 7 heteroatoms. The van der Waals surface area contributed by atoms with Gasteiger partial charge in [-0.05, 0) is 49.4 Å². The number of nitrogens with zero attached hydrogens (tertiary/aromatic N) is 2. The van der Waals surface area contributed by atoms with Gasteiger partial charge in [-0.15, -0.1) is 0 Å². The predicted molar refractivity (Wildman–Crippen MR) is 123 cm³/mol. The molecule has 0 spiro atoms. The van der Waals surface area contributed by atoms with E-state index in [4.69, 9.17) is 11.6 Å². The molecule has 0 aliphatic carbocycles. The smallest absolute Gasteiger partial charge is 0.257 e. The molecule has 30 heavy (non-hydrogen) atoms. The van der Waals surface area contributed by atoms with Crippen LogP contribution in [-0.2, 0) is 0 Å². The van der Waals surface area contributed by atoms with Gasteiger partial charge in [0.1, 0.15) is 5.82 Å². The first-order chi connectivity index (χ1) is 14.6. The van der Waals surface area contributed by atoms with E-state index in [2.05, 4.69) is 32.8 Å². The van der Waals surface area contributed by atoms with Crippen molar-refractivity contribution in [2.75, 3.05) is 35.2 Å². The quantitative estimate of drug-likeness (QED) is 0.564. The molecule has 2 heterocycles. The Morgan fingerprint density at radius 3 is 2.70 bits per heavy atom. The fourth-order valence-electron chi connectivity index (χ4n) is 3.43. The van der Waals surface area contributed by atoms with Gasteiger partial charge < -0.3 is 20.9 Å². The minimum Gasteiger partial charge on any atom is -0.354 e. The number of carbonyl (C=O) groups is 1. The number of hydrogen-bond donors (Lipinski definition) is 3. The summed E-state index contributed by atoms with van der Waals surface area (Å²) in [7, 11) is 0. The Morgan fingerprint density at radius 1 is 1.13 bits per heavy atom. The van der Waals surface area contributed by atoms with Crippen molar-refractivity contribution in [1.29, 1.82) is 0 Å². The number of amides is 1. The molecular formula is C23H24ClN5O. The van der Waals surface area contributed by atoms with Crippen molar-refractivity contribution in [3.8, 4) is 0 Å². The summed E-state index contributed by atoms with van der Waals surface area (Å²) in [6, 6.07) is 19.2. The van der Waals surface area contributed by atoms with Crippen LogP contribution in [0.5, 0.6) is 0 Å². The van der Waals surface area contributed by atoms with Crippen LogP contribution in [0.1, 0.15) is 17.3 Å². The summed E-state index contributed by atoms with van der Waals surface area (Å²) in [5.74, 6) is 0.677. The fourth-order valence-corrected chi connectivity index (χ4v) is 3.59. The highest BCUT2D eigenvalue weighted by Gasteiger charge is 2.17. The third kappa shape index (κ3) is 4.90. The van der Waals surface area contributed by atoms with Gasteiger partial charge in [-0.2, -0.15) is 0 Å². The van der Waals surface area contributed by atoms with Crippen molar-refractivity contribution in [2.24, 2.45) is 0 Å². The fraction of sp³-hybridized carbons (Fsp3) is 0.217. The van der Waals surface area contributed by atoms with E-state index in [1.165, 1.54) is 0 Å². The van der Waals surface area contributed by atoms with Gasteiger partial charge in [0.25, 0.3) is 5.91 Å². The van der Waals surface area contributed by atoms with E-state index < -0.39 is 0 Å². The van der Waals surface area contributed by atoms with Crippen LogP contribution in [0.2, 0.25) is 5.02 Å². The van der Waals surface area contributed by atoms with Crippen LogP contribution in [-0.4, -0.2) is 36.6 Å². The topological polar surface area (TPSA) is 69.3 Å². The maximum atomic E-state index is 12.7. The summed E-state index contributed by atoms with van der Waals surface area (Å²) in [4.78, 5) is 19.4. The number of benzene rings is 2. The van der Waals surface area contributed by atoms with Gasteiger partial charge in [0.15, 0.2) is 0 Å². The summed E-state index contributed by atoms with van der Waals surface area (Å²) < 4.78 is 0. The van der Waals surface area contributed by atoms with Crippen LogP contribution in [0.4, 0.5) is 22.9 Å². The SMILES string of the molecule is CC1CN(c2ccc(C(=O)Nc3ccc(Cl)c(Nc4ccccc4)c3)cn2)CCN1. The van der Waals surface area contributed by atoms with Gasteiger partial charge in [0.05, 0.1) is 16.3 Å². The standard InChI is InChI=1S/C23H24ClN5O/c1-16-15-29(12-11-25-16)22-10-7-17(14-26-22)23(30)28-19-8-9-20(24)21(13-19)27-18-5-3-2-4-6-18/h2-10,13-14,16,25,27H,11-12,15H2,1H3,(H,28,30). The average Bonchev–Trinajstić information content (AvgIpc) is 2.77. The van der Waals surface area contributed by atoms with Crippen molar-refractivity contribution in [1.82, 2.24) is 10.3 Å². The molecule has 6 nitrogen and oxygen atoms in total. The number of carbonyl (C=O) groups excluding carboxylic acids is 1. The van der Waals surface area contributed by atoms with Crippen LogP contribution < -0.4 is 20.9 Å². The molecule has 4 rings (SSSR count). The highest BCUT2D eigenvalue weighted by Crippen LogP contribution is 2.28. The maximum absolute atomic E-state index is 12.7. The minimum atomic E-state index is -0.212. The molecule has 0 bridgehead atoms. The summed E-state index contributed by atoms with van der Waals surface area (Å²) in [6.45, 7) is 4.90. The molecule has 0 saturated carbocycles. The maximum Gasteiger partial charge on any atom is 0.257 e. The molecule has 3 aromatic rings. The molecule has 1 fully saturated rings. The van der Waals surface area contributed by atoms with Crippen LogP contribution in [0.15, 0.2) is 66.9 Å². The minimum absolute atomic E-state index is 0.212. The Hall–Kier alpha value is -3.09. The Balaban J connectivity index is 1.44. The number of hydrogen-bond acceptors (Lipinski definition) is 5. The molecule has 1 saturated heterocycles. The van der Waals surface area contributed by atoms with Crippen LogP contribution >= 0.6 is 11.6 Å². The second-order valence-electron chi connectivity index (χ2n) is 7.35. The lowest BCUT2D eigenvalue weighted by Gasteiger charge is -2.32. The highest BCUT2D eigenvalue weighted by molar-refractivity contribution is 6.33. The molecule has 1 atom stereocenters. The van der Waals surface area contributed by atoms with Gasteiger partial charge in [0.2, 0.25) is 0 Å². The molecule has 1 unspecified atom stereocenters. The van der Waals surface area contributed by atoms with E-state index in [0.717, 1.165) is 36.8 Å². The monoisotopic (exact) mass is 421 g/mol. The molecule has 0 radical (unpaired) electrons. The Labute approximate surface area is 181 Å². The molecule has 3 N–H and O–H groups in total. The summed E-state index contributed by atoms with van der Waals surface area (Å²) >= 11 is 6.31. The van der Waals surface area contributed by atoms with E-state index in [1.807, 2.05) is 48.5 Å². The van der Waals surface area contributed by atoms with Gasteiger partial charge in [-0.25, -0.2) is 4.98 Å². The van der Waals surface area contributed by atoms with Crippen LogP contribution in [0.3, 0.4) is 0 Å². The lowest BCUT2D eigenvalue weighted by atomic mass is 10.2. The van der Waals surface area contributed by atoms with Crippen molar-refractivity contribution in [3.05, 3.63) is 77.4 Å². The van der Waals surface area contributed by atoms with Crippen molar-refractivity contribution in [2.45, 2.75) is 13.0 Å². The molecule has 1 aromatic heterocycles. The van der Waals surface area contributed by atoms with Gasteiger partial charge in [0, 0.05) is 43.2 Å². The first-order valence-corrected chi connectivity index (χ1v) is 10.3. The number of anilines is 4. The van der Waals surface area contributed by atoms with E-state index in [1.54, 1.807) is 18.3 Å². The van der Waals surface area contributed by atoms with E-state index >= 15 is 0 Å². The molecule has 154 valence electrons. The number of pyridine rings is 1. The second-order valence-corrected chi connectivity index (χ2v) is 7.75. The average molecular weight is 422 g/mol. The Bertz CT molecular complexity index is 1010. The van der Waals surface area contributed by atoms with Crippen molar-refractivity contribution >= 4 is 40.4 Å².